The van der Waals surface area contributed by atoms with Gasteiger partial charge >= 0.3 is 0 Å². The summed E-state index contributed by atoms with van der Waals surface area (Å²) in [6.45, 7) is 1.59. The molecule has 0 fully saturated rings. The predicted octanol–water partition coefficient (Wildman–Crippen LogP) is 2.54. The van der Waals surface area contributed by atoms with Crippen molar-refractivity contribution in [2.75, 3.05) is 13.7 Å². The molecule has 2 aromatic heterocycles. The summed E-state index contributed by atoms with van der Waals surface area (Å²) in [5, 5.41) is 0. The van der Waals surface area contributed by atoms with E-state index < -0.39 is 0 Å². The quantitative estimate of drug-likeness (QED) is 0.768. The van der Waals surface area contributed by atoms with Crippen LogP contribution in [0.1, 0.15) is 16.8 Å². The first kappa shape index (κ1) is 17.4. The molecule has 1 aromatic carbocycles. The minimum absolute atomic E-state index is 0.119. The normalized spacial score (nSPS) is 14.0. The van der Waals surface area contributed by atoms with E-state index in [0.717, 1.165) is 11.3 Å². The van der Waals surface area contributed by atoms with Crippen LogP contribution >= 0.6 is 0 Å². The second-order valence-electron chi connectivity index (χ2n) is 6.50. The highest BCUT2D eigenvalue weighted by atomic mass is 19.1. The van der Waals surface area contributed by atoms with Gasteiger partial charge in [0.25, 0.3) is 5.56 Å². The number of pyridine rings is 1. The van der Waals surface area contributed by atoms with E-state index in [-0.39, 0.29) is 11.4 Å². The SMILES string of the molecule is COc1ccc(F)c(CN2CCc3c(nc(-c4cccnc4)[nH]c3=O)C2)c1. The summed E-state index contributed by atoms with van der Waals surface area (Å²) in [6.07, 6.45) is 3.91. The molecule has 27 heavy (non-hydrogen) atoms. The van der Waals surface area contributed by atoms with Gasteiger partial charge in [0.2, 0.25) is 0 Å². The van der Waals surface area contributed by atoms with Crippen molar-refractivity contribution >= 4 is 0 Å². The smallest absolute Gasteiger partial charge is 0.254 e. The van der Waals surface area contributed by atoms with Gasteiger partial charge in [0.15, 0.2) is 0 Å². The molecule has 0 unspecified atom stereocenters. The summed E-state index contributed by atoms with van der Waals surface area (Å²) < 4.78 is 19.3. The fourth-order valence-corrected chi connectivity index (χ4v) is 3.31. The maximum Gasteiger partial charge on any atom is 0.254 e. The number of benzene rings is 1. The molecule has 0 amide bonds. The van der Waals surface area contributed by atoms with Gasteiger partial charge in [0, 0.05) is 48.7 Å². The molecule has 138 valence electrons. The van der Waals surface area contributed by atoms with Crippen LogP contribution in [0.5, 0.6) is 5.75 Å². The van der Waals surface area contributed by atoms with Gasteiger partial charge in [-0.1, -0.05) is 0 Å². The molecule has 6 nitrogen and oxygen atoms in total. The number of ether oxygens (including phenoxy) is 1. The zero-order chi connectivity index (χ0) is 18.8. The average Bonchev–Trinajstić information content (AvgIpc) is 2.70. The van der Waals surface area contributed by atoms with E-state index in [9.17, 15) is 9.18 Å². The number of methoxy groups -OCH3 is 1. The second kappa shape index (κ2) is 7.28. The van der Waals surface area contributed by atoms with Gasteiger partial charge in [-0.15, -0.1) is 0 Å². The van der Waals surface area contributed by atoms with Gasteiger partial charge in [-0.3, -0.25) is 14.7 Å². The number of aromatic nitrogens is 3. The summed E-state index contributed by atoms with van der Waals surface area (Å²) >= 11 is 0. The fourth-order valence-electron chi connectivity index (χ4n) is 3.31. The van der Waals surface area contributed by atoms with Gasteiger partial charge in [-0.25, -0.2) is 9.37 Å². The van der Waals surface area contributed by atoms with Crippen molar-refractivity contribution in [3.63, 3.8) is 0 Å². The van der Waals surface area contributed by atoms with Crippen LogP contribution in [0.2, 0.25) is 0 Å². The Hall–Kier alpha value is -3.06. The van der Waals surface area contributed by atoms with Crippen LogP contribution in [-0.4, -0.2) is 33.5 Å². The summed E-state index contributed by atoms with van der Waals surface area (Å²) in [6, 6.07) is 8.37. The third kappa shape index (κ3) is 3.59. The molecule has 0 atom stereocenters. The fraction of sp³-hybridized carbons (Fsp3) is 0.250. The number of H-pyrrole nitrogens is 1. The zero-order valence-corrected chi connectivity index (χ0v) is 14.9. The molecule has 3 aromatic rings. The number of halogens is 1. The minimum Gasteiger partial charge on any atom is -0.497 e. The third-order valence-corrected chi connectivity index (χ3v) is 4.73. The predicted molar refractivity (Wildman–Crippen MR) is 98.9 cm³/mol. The number of fused-ring (bicyclic) bond motifs is 1. The summed E-state index contributed by atoms with van der Waals surface area (Å²) in [5.74, 6) is 0.856. The van der Waals surface area contributed by atoms with Gasteiger partial charge in [0.05, 0.1) is 12.8 Å². The van der Waals surface area contributed by atoms with Crippen molar-refractivity contribution in [2.45, 2.75) is 19.5 Å². The van der Waals surface area contributed by atoms with E-state index in [2.05, 4.69) is 19.9 Å². The molecule has 1 aliphatic rings. The van der Waals surface area contributed by atoms with E-state index in [4.69, 9.17) is 4.74 Å². The summed E-state index contributed by atoms with van der Waals surface area (Å²) in [4.78, 5) is 26.1. The van der Waals surface area contributed by atoms with E-state index >= 15 is 0 Å². The molecule has 1 aliphatic heterocycles. The Morgan fingerprint density at radius 2 is 2.22 bits per heavy atom. The van der Waals surface area contributed by atoms with E-state index in [1.54, 1.807) is 37.7 Å². The Bertz CT molecular complexity index is 1020. The van der Waals surface area contributed by atoms with Crippen molar-refractivity contribution in [2.24, 2.45) is 0 Å². The van der Waals surface area contributed by atoms with E-state index in [1.807, 2.05) is 6.07 Å². The number of nitrogens with one attached hydrogen (secondary N) is 1. The zero-order valence-electron chi connectivity index (χ0n) is 14.9. The number of hydrogen-bond acceptors (Lipinski definition) is 5. The lowest BCUT2D eigenvalue weighted by molar-refractivity contribution is 0.237. The Balaban J connectivity index is 1.61. The number of hydrogen-bond donors (Lipinski definition) is 1. The maximum absolute atomic E-state index is 14.1. The van der Waals surface area contributed by atoms with Gasteiger partial charge in [-0.2, -0.15) is 0 Å². The minimum atomic E-state index is -0.267. The molecule has 0 saturated carbocycles. The highest BCUT2D eigenvalue weighted by Gasteiger charge is 2.22. The van der Waals surface area contributed by atoms with Crippen LogP contribution < -0.4 is 10.3 Å². The monoisotopic (exact) mass is 366 g/mol. The van der Waals surface area contributed by atoms with Crippen molar-refractivity contribution in [1.82, 2.24) is 19.9 Å². The Kier molecular flexibility index (Phi) is 4.68. The van der Waals surface area contributed by atoms with Crippen LogP contribution in [-0.2, 0) is 19.5 Å². The van der Waals surface area contributed by atoms with E-state index in [1.165, 1.54) is 6.07 Å². The Morgan fingerprint density at radius 3 is 3.00 bits per heavy atom. The lowest BCUT2D eigenvalue weighted by atomic mass is 10.0. The molecular formula is C20H19FN4O2. The highest BCUT2D eigenvalue weighted by molar-refractivity contribution is 5.53. The Labute approximate surface area is 155 Å². The number of nitrogens with zero attached hydrogens (tertiary/aromatic N) is 3. The molecule has 4 rings (SSSR count). The van der Waals surface area contributed by atoms with Crippen LogP contribution in [0.15, 0.2) is 47.5 Å². The van der Waals surface area contributed by atoms with Gasteiger partial charge in [-0.05, 0) is 36.8 Å². The number of aromatic amines is 1. The first-order chi connectivity index (χ1) is 13.1. The van der Waals surface area contributed by atoms with Crippen LogP contribution in [0.3, 0.4) is 0 Å². The van der Waals surface area contributed by atoms with Crippen LogP contribution in [0.4, 0.5) is 4.39 Å². The van der Waals surface area contributed by atoms with Gasteiger partial charge in [0.1, 0.15) is 17.4 Å². The van der Waals surface area contributed by atoms with Crippen LogP contribution in [0.25, 0.3) is 11.4 Å². The summed E-state index contributed by atoms with van der Waals surface area (Å²) in [7, 11) is 1.56. The second-order valence-corrected chi connectivity index (χ2v) is 6.50. The number of rotatable bonds is 4. The van der Waals surface area contributed by atoms with Crippen molar-refractivity contribution in [1.29, 1.82) is 0 Å². The average molecular weight is 366 g/mol. The molecule has 1 N–H and O–H groups in total. The lowest BCUT2D eigenvalue weighted by Crippen LogP contribution is -2.35. The Morgan fingerprint density at radius 1 is 1.33 bits per heavy atom. The van der Waals surface area contributed by atoms with Crippen molar-refractivity contribution < 1.29 is 9.13 Å². The molecule has 7 heteroatoms. The first-order valence-electron chi connectivity index (χ1n) is 8.71. The summed E-state index contributed by atoms with van der Waals surface area (Å²) in [5.41, 5.74) is 2.63. The largest absolute Gasteiger partial charge is 0.497 e. The van der Waals surface area contributed by atoms with Crippen molar-refractivity contribution in [3.8, 4) is 17.1 Å². The van der Waals surface area contributed by atoms with E-state index in [0.29, 0.717) is 48.8 Å². The van der Waals surface area contributed by atoms with Crippen molar-refractivity contribution in [3.05, 3.63) is 75.7 Å². The molecule has 0 bridgehead atoms. The standard InChI is InChI=1S/C20H19FN4O2/c1-27-15-4-5-17(21)14(9-15)11-25-8-6-16-18(12-25)23-19(24-20(16)26)13-3-2-7-22-10-13/h2-5,7,9-10H,6,8,11-12H2,1H3,(H,23,24,26). The maximum atomic E-state index is 14.1. The third-order valence-electron chi connectivity index (χ3n) is 4.73. The molecule has 3 heterocycles. The highest BCUT2D eigenvalue weighted by Crippen LogP contribution is 2.22. The van der Waals surface area contributed by atoms with Crippen LogP contribution in [0, 0.1) is 5.82 Å². The van der Waals surface area contributed by atoms with Gasteiger partial charge < -0.3 is 9.72 Å². The lowest BCUT2D eigenvalue weighted by Gasteiger charge is -2.28. The molecule has 0 radical (unpaired) electrons. The molecular weight excluding hydrogens is 347 g/mol. The molecule has 0 aliphatic carbocycles. The topological polar surface area (TPSA) is 71.1 Å². The first-order valence-corrected chi connectivity index (χ1v) is 8.71. The molecule has 0 spiro atoms. The molecule has 0 saturated heterocycles.